The number of methoxy groups -OCH3 is 1. The number of ether oxygens (including phenoxy) is 1. The van der Waals surface area contributed by atoms with E-state index in [0.29, 0.717) is 11.5 Å². The zero-order valence-electron chi connectivity index (χ0n) is 12.9. The first-order chi connectivity index (χ1) is 10.8. The number of nitrogens with zero attached hydrogens (tertiary/aromatic N) is 1. The number of aryl methyl sites for hydroxylation is 1. The van der Waals surface area contributed by atoms with Crippen LogP contribution in [0.3, 0.4) is 0 Å². The number of aromatic carboxylic acids is 1. The van der Waals surface area contributed by atoms with E-state index in [1.54, 1.807) is 19.1 Å². The number of sulfonamides is 1. The number of rotatable bonds is 6. The van der Waals surface area contributed by atoms with E-state index >= 15 is 0 Å². The van der Waals surface area contributed by atoms with E-state index in [2.05, 4.69) is 0 Å². The molecule has 0 saturated carbocycles. The molecule has 1 aromatic heterocycles. The Hall–Kier alpha value is -2.32. The predicted octanol–water partition coefficient (Wildman–Crippen LogP) is 2.12. The Balaban J connectivity index is 2.36. The van der Waals surface area contributed by atoms with E-state index in [0.717, 1.165) is 4.31 Å². The highest BCUT2D eigenvalue weighted by Gasteiger charge is 2.26. The Bertz CT molecular complexity index is 824. The molecule has 0 aliphatic heterocycles. The molecule has 2 aromatic rings. The van der Waals surface area contributed by atoms with E-state index in [-0.39, 0.29) is 22.8 Å². The van der Waals surface area contributed by atoms with E-state index in [4.69, 9.17) is 14.3 Å². The molecular formula is C15H17NO6S. The molecule has 0 spiro atoms. The molecule has 0 fully saturated rings. The van der Waals surface area contributed by atoms with Crippen LogP contribution in [0.5, 0.6) is 5.75 Å². The zero-order valence-corrected chi connectivity index (χ0v) is 13.8. The Labute approximate surface area is 134 Å². The molecule has 1 aromatic carbocycles. The van der Waals surface area contributed by atoms with Crippen molar-refractivity contribution in [3.8, 4) is 5.75 Å². The summed E-state index contributed by atoms with van der Waals surface area (Å²) in [6.45, 7) is 1.83. The summed E-state index contributed by atoms with van der Waals surface area (Å²) in [5.41, 5.74) is -0.0508. The molecule has 0 saturated heterocycles. The highest BCUT2D eigenvalue weighted by molar-refractivity contribution is 7.89. The van der Waals surface area contributed by atoms with Gasteiger partial charge in [0.25, 0.3) is 0 Å². The van der Waals surface area contributed by atoms with E-state index in [1.165, 1.54) is 32.4 Å². The lowest BCUT2D eigenvalue weighted by atomic mass is 10.2. The average Bonchev–Trinajstić information content (AvgIpc) is 2.91. The fourth-order valence-corrected chi connectivity index (χ4v) is 3.33. The quantitative estimate of drug-likeness (QED) is 0.866. The zero-order chi connectivity index (χ0) is 17.2. The van der Waals surface area contributed by atoms with Crippen LogP contribution in [0.25, 0.3) is 0 Å². The number of hydrogen-bond acceptors (Lipinski definition) is 5. The van der Waals surface area contributed by atoms with Gasteiger partial charge in [0.2, 0.25) is 10.0 Å². The van der Waals surface area contributed by atoms with Crippen molar-refractivity contribution in [2.45, 2.75) is 18.4 Å². The number of benzene rings is 1. The number of furan rings is 1. The first kappa shape index (κ1) is 17.0. The highest BCUT2D eigenvalue weighted by Crippen LogP contribution is 2.28. The molecule has 124 valence electrons. The first-order valence-electron chi connectivity index (χ1n) is 6.68. The minimum absolute atomic E-state index is 0.0209. The maximum atomic E-state index is 12.7. The molecule has 0 atom stereocenters. The van der Waals surface area contributed by atoms with Crippen LogP contribution in [0.2, 0.25) is 0 Å². The fourth-order valence-electron chi connectivity index (χ4n) is 2.06. The minimum Gasteiger partial charge on any atom is -0.495 e. The van der Waals surface area contributed by atoms with Gasteiger partial charge in [0.05, 0.1) is 19.2 Å². The number of carboxylic acid groups (broad SMARTS) is 1. The molecule has 0 radical (unpaired) electrons. The number of carboxylic acids is 1. The van der Waals surface area contributed by atoms with Crippen molar-refractivity contribution in [3.63, 3.8) is 0 Å². The summed E-state index contributed by atoms with van der Waals surface area (Å²) in [5, 5.41) is 8.98. The van der Waals surface area contributed by atoms with Crippen molar-refractivity contribution >= 4 is 16.0 Å². The van der Waals surface area contributed by atoms with E-state index in [9.17, 15) is 13.2 Å². The molecule has 0 aliphatic carbocycles. The van der Waals surface area contributed by atoms with Gasteiger partial charge in [-0.2, -0.15) is 4.31 Å². The number of carbonyl (C=O) groups is 1. The molecule has 23 heavy (non-hydrogen) atoms. The lowest BCUT2D eigenvalue weighted by molar-refractivity contribution is 0.0696. The molecule has 2 rings (SSSR count). The van der Waals surface area contributed by atoms with Crippen LogP contribution >= 0.6 is 0 Å². The van der Waals surface area contributed by atoms with E-state index < -0.39 is 16.0 Å². The maximum absolute atomic E-state index is 12.7. The van der Waals surface area contributed by atoms with Gasteiger partial charge in [-0.05, 0) is 37.3 Å². The Morgan fingerprint density at radius 2 is 2.00 bits per heavy atom. The maximum Gasteiger partial charge on any atom is 0.335 e. The molecule has 1 N–H and O–H groups in total. The summed E-state index contributed by atoms with van der Waals surface area (Å²) >= 11 is 0. The number of hydrogen-bond donors (Lipinski definition) is 1. The van der Waals surface area contributed by atoms with Gasteiger partial charge in [0, 0.05) is 7.05 Å². The van der Waals surface area contributed by atoms with Crippen LogP contribution in [0, 0.1) is 6.92 Å². The SMILES string of the molecule is COc1cc(C(=O)O)ccc1S(=O)(=O)N(C)Cc1ccc(C)o1. The molecule has 0 unspecified atom stereocenters. The van der Waals surface area contributed by atoms with Crippen molar-refractivity contribution in [1.82, 2.24) is 4.31 Å². The summed E-state index contributed by atoms with van der Waals surface area (Å²) in [5.74, 6) is 0.0166. The van der Waals surface area contributed by atoms with Gasteiger partial charge in [-0.3, -0.25) is 0 Å². The normalized spacial score (nSPS) is 11.7. The Morgan fingerprint density at radius 3 is 2.52 bits per heavy atom. The summed E-state index contributed by atoms with van der Waals surface area (Å²) in [4.78, 5) is 10.9. The van der Waals surface area contributed by atoms with Gasteiger partial charge in [0.15, 0.2) is 0 Å². The largest absolute Gasteiger partial charge is 0.495 e. The minimum atomic E-state index is -3.86. The molecule has 0 bridgehead atoms. The van der Waals surface area contributed by atoms with Gasteiger partial charge >= 0.3 is 5.97 Å². The second-order valence-electron chi connectivity index (χ2n) is 4.94. The van der Waals surface area contributed by atoms with Crippen LogP contribution in [0.15, 0.2) is 39.6 Å². The molecule has 0 amide bonds. The van der Waals surface area contributed by atoms with Crippen molar-refractivity contribution in [3.05, 3.63) is 47.4 Å². The third kappa shape index (κ3) is 3.54. The van der Waals surface area contributed by atoms with Gasteiger partial charge < -0.3 is 14.3 Å². The average molecular weight is 339 g/mol. The van der Waals surface area contributed by atoms with Crippen molar-refractivity contribution in [2.24, 2.45) is 0 Å². The summed E-state index contributed by atoms with van der Waals surface area (Å²) in [6, 6.07) is 7.08. The fraction of sp³-hybridized carbons (Fsp3) is 0.267. The van der Waals surface area contributed by atoms with Crippen LogP contribution in [0.4, 0.5) is 0 Å². The Kier molecular flexibility index (Phi) is 4.76. The van der Waals surface area contributed by atoms with Crippen LogP contribution in [0.1, 0.15) is 21.9 Å². The van der Waals surface area contributed by atoms with Crippen molar-refractivity contribution in [2.75, 3.05) is 14.2 Å². The van der Waals surface area contributed by atoms with Gasteiger partial charge in [-0.15, -0.1) is 0 Å². The lowest BCUT2D eigenvalue weighted by Crippen LogP contribution is -2.26. The third-order valence-corrected chi connectivity index (χ3v) is 5.12. The van der Waals surface area contributed by atoms with Gasteiger partial charge in [-0.1, -0.05) is 0 Å². The summed E-state index contributed by atoms with van der Waals surface area (Å²) in [7, 11) is -1.16. The molecular weight excluding hydrogens is 322 g/mol. The van der Waals surface area contributed by atoms with Crippen molar-refractivity contribution in [1.29, 1.82) is 0 Å². The standard InChI is InChI=1S/C15H17NO6S/c1-10-4-6-12(22-10)9-16(2)23(19,20)14-7-5-11(15(17)18)8-13(14)21-3/h4-8H,9H2,1-3H3,(H,17,18). The highest BCUT2D eigenvalue weighted by atomic mass is 32.2. The predicted molar refractivity (Wildman–Crippen MR) is 82.1 cm³/mol. The summed E-state index contributed by atoms with van der Waals surface area (Å²) in [6.07, 6.45) is 0. The summed E-state index contributed by atoms with van der Waals surface area (Å²) < 4.78 is 36.8. The van der Waals surface area contributed by atoms with Crippen LogP contribution in [-0.2, 0) is 16.6 Å². The Morgan fingerprint density at radius 1 is 1.30 bits per heavy atom. The topological polar surface area (TPSA) is 97.0 Å². The lowest BCUT2D eigenvalue weighted by Gasteiger charge is -2.18. The third-order valence-electron chi connectivity index (χ3n) is 3.27. The van der Waals surface area contributed by atoms with Crippen molar-refractivity contribution < 1.29 is 27.5 Å². The molecule has 1 heterocycles. The first-order valence-corrected chi connectivity index (χ1v) is 8.12. The second kappa shape index (κ2) is 6.43. The second-order valence-corrected chi connectivity index (χ2v) is 6.96. The molecule has 0 aliphatic rings. The van der Waals surface area contributed by atoms with Gasteiger partial charge in [0.1, 0.15) is 22.2 Å². The molecule has 8 heteroatoms. The smallest absolute Gasteiger partial charge is 0.335 e. The monoisotopic (exact) mass is 339 g/mol. The van der Waals surface area contributed by atoms with Crippen LogP contribution < -0.4 is 4.74 Å². The van der Waals surface area contributed by atoms with Crippen LogP contribution in [-0.4, -0.2) is 38.0 Å². The van der Waals surface area contributed by atoms with Gasteiger partial charge in [-0.25, -0.2) is 13.2 Å². The molecule has 7 nitrogen and oxygen atoms in total. The van der Waals surface area contributed by atoms with E-state index in [1.807, 2.05) is 0 Å².